The summed E-state index contributed by atoms with van der Waals surface area (Å²) in [5.41, 5.74) is 0.342. The highest BCUT2D eigenvalue weighted by atomic mass is 19.1. The topological polar surface area (TPSA) is 52.6 Å². The van der Waals surface area contributed by atoms with E-state index < -0.39 is 18.1 Å². The smallest absolute Gasteiger partial charge is 0.338 e. The van der Waals surface area contributed by atoms with Gasteiger partial charge in [-0.1, -0.05) is 19.8 Å². The average molecular weight is 296 g/mol. The molecule has 116 valence electrons. The van der Waals surface area contributed by atoms with Crippen LogP contribution in [0, 0.1) is 0 Å². The molecule has 0 unspecified atom stereocenters. The van der Waals surface area contributed by atoms with E-state index in [1.807, 2.05) is 6.92 Å². The summed E-state index contributed by atoms with van der Waals surface area (Å²) in [4.78, 5) is 22.5. The third kappa shape index (κ3) is 6.88. The van der Waals surface area contributed by atoms with Crippen LogP contribution in [-0.4, -0.2) is 24.7 Å². The van der Waals surface area contributed by atoms with Gasteiger partial charge < -0.3 is 9.47 Å². The summed E-state index contributed by atoms with van der Waals surface area (Å²) in [7, 11) is 0. The first-order valence-corrected chi connectivity index (χ1v) is 7.12. The Morgan fingerprint density at radius 2 is 1.86 bits per heavy atom. The third-order valence-electron chi connectivity index (χ3n) is 2.89. The summed E-state index contributed by atoms with van der Waals surface area (Å²) in [5.74, 6) is -0.569. The number of carbonyl (C=O) groups excluding carboxylic acids is 2. The van der Waals surface area contributed by atoms with Gasteiger partial charge in [0, 0.05) is 13.3 Å². The quantitative estimate of drug-likeness (QED) is 0.542. The lowest BCUT2D eigenvalue weighted by atomic mass is 10.1. The number of carbonyl (C=O) groups is 2. The second-order valence-corrected chi connectivity index (χ2v) is 4.78. The van der Waals surface area contributed by atoms with Gasteiger partial charge in [0.25, 0.3) is 0 Å². The normalized spacial score (nSPS) is 11.8. The molecular formula is C16H21FO4. The Morgan fingerprint density at radius 1 is 1.19 bits per heavy atom. The zero-order chi connectivity index (χ0) is 15.7. The lowest BCUT2D eigenvalue weighted by molar-refractivity contribution is -0.131. The Morgan fingerprint density at radius 3 is 2.43 bits per heavy atom. The molecule has 0 aliphatic heterocycles. The molecule has 0 saturated heterocycles. The van der Waals surface area contributed by atoms with Crippen LogP contribution in [0.2, 0.25) is 0 Å². The van der Waals surface area contributed by atoms with Gasteiger partial charge in [-0.3, -0.25) is 4.79 Å². The average Bonchev–Trinajstić information content (AvgIpc) is 2.45. The zero-order valence-corrected chi connectivity index (χ0v) is 12.4. The summed E-state index contributed by atoms with van der Waals surface area (Å²) in [6.45, 7) is 3.37. The van der Waals surface area contributed by atoms with Gasteiger partial charge >= 0.3 is 11.9 Å². The van der Waals surface area contributed by atoms with E-state index in [1.54, 1.807) is 0 Å². The number of alkyl halides is 1. The molecule has 4 nitrogen and oxygen atoms in total. The van der Waals surface area contributed by atoms with Crippen molar-refractivity contribution < 1.29 is 23.5 Å². The van der Waals surface area contributed by atoms with Crippen LogP contribution < -0.4 is 4.74 Å². The predicted octanol–water partition coefficient (Wildman–Crippen LogP) is 3.69. The molecule has 0 bridgehead atoms. The molecule has 0 N–H and O–H groups in total. The van der Waals surface area contributed by atoms with Gasteiger partial charge in [0.15, 0.2) is 0 Å². The fourth-order valence-corrected chi connectivity index (χ4v) is 1.76. The molecule has 21 heavy (non-hydrogen) atoms. The summed E-state index contributed by atoms with van der Waals surface area (Å²) in [5, 5.41) is 0. The lowest BCUT2D eigenvalue weighted by Crippen LogP contribution is -2.11. The SMILES string of the molecule is CCCC[C@@H](F)CCOC(=O)c1ccc(OC(C)=O)cc1. The van der Waals surface area contributed by atoms with E-state index in [4.69, 9.17) is 9.47 Å². The minimum atomic E-state index is -0.927. The number of hydrogen-bond acceptors (Lipinski definition) is 4. The second kappa shape index (κ2) is 9.10. The fraction of sp³-hybridized carbons (Fsp3) is 0.500. The Kier molecular flexibility index (Phi) is 7.43. The van der Waals surface area contributed by atoms with Crippen LogP contribution in [0.25, 0.3) is 0 Å². The number of halogens is 1. The van der Waals surface area contributed by atoms with Crippen molar-refractivity contribution in [2.24, 2.45) is 0 Å². The third-order valence-corrected chi connectivity index (χ3v) is 2.89. The maximum absolute atomic E-state index is 13.4. The van der Waals surface area contributed by atoms with Crippen LogP contribution in [-0.2, 0) is 9.53 Å². The molecule has 0 aromatic heterocycles. The predicted molar refractivity (Wildman–Crippen MR) is 77.1 cm³/mol. The Balaban J connectivity index is 2.36. The van der Waals surface area contributed by atoms with Crippen molar-refractivity contribution >= 4 is 11.9 Å². The van der Waals surface area contributed by atoms with Crippen molar-refractivity contribution in [3.8, 4) is 5.75 Å². The minimum Gasteiger partial charge on any atom is -0.462 e. The Labute approximate surface area is 124 Å². The maximum atomic E-state index is 13.4. The number of esters is 2. The highest BCUT2D eigenvalue weighted by Crippen LogP contribution is 2.14. The molecule has 0 saturated carbocycles. The van der Waals surface area contributed by atoms with Gasteiger partial charge in [0.05, 0.1) is 12.2 Å². The molecule has 1 rings (SSSR count). The van der Waals surface area contributed by atoms with E-state index in [0.717, 1.165) is 12.8 Å². The number of benzene rings is 1. The van der Waals surface area contributed by atoms with Gasteiger partial charge in [-0.25, -0.2) is 9.18 Å². The van der Waals surface area contributed by atoms with Crippen LogP contribution in [0.4, 0.5) is 4.39 Å². The number of hydrogen-bond donors (Lipinski definition) is 0. The van der Waals surface area contributed by atoms with E-state index in [1.165, 1.54) is 31.2 Å². The van der Waals surface area contributed by atoms with Crippen LogP contribution >= 0.6 is 0 Å². The fourth-order valence-electron chi connectivity index (χ4n) is 1.76. The molecule has 1 aromatic rings. The van der Waals surface area contributed by atoms with Crippen molar-refractivity contribution in [1.82, 2.24) is 0 Å². The molecule has 0 aliphatic rings. The van der Waals surface area contributed by atoms with Crippen molar-refractivity contribution in [2.75, 3.05) is 6.61 Å². The first kappa shape index (κ1) is 17.1. The summed E-state index contributed by atoms with van der Waals surface area (Å²) in [6, 6.07) is 6.03. The standard InChI is InChI=1S/C16H21FO4/c1-3-4-5-14(17)10-11-20-16(19)13-6-8-15(9-7-13)21-12(2)18/h6-9,14H,3-5,10-11H2,1-2H3/t14-/m1/s1. The van der Waals surface area contributed by atoms with Crippen molar-refractivity contribution in [1.29, 1.82) is 0 Å². The minimum absolute atomic E-state index is 0.0649. The van der Waals surface area contributed by atoms with Crippen molar-refractivity contribution in [2.45, 2.75) is 45.7 Å². The zero-order valence-electron chi connectivity index (χ0n) is 12.4. The van der Waals surface area contributed by atoms with Gasteiger partial charge in [0.1, 0.15) is 11.9 Å². The number of ether oxygens (including phenoxy) is 2. The molecule has 0 fully saturated rings. The Bertz CT molecular complexity index is 456. The van der Waals surface area contributed by atoms with Gasteiger partial charge in [-0.15, -0.1) is 0 Å². The molecule has 0 radical (unpaired) electrons. The van der Waals surface area contributed by atoms with Crippen LogP contribution in [0.5, 0.6) is 5.75 Å². The van der Waals surface area contributed by atoms with E-state index in [9.17, 15) is 14.0 Å². The molecule has 0 heterocycles. The number of rotatable bonds is 8. The van der Waals surface area contributed by atoms with E-state index in [0.29, 0.717) is 17.7 Å². The largest absolute Gasteiger partial charge is 0.462 e. The van der Waals surface area contributed by atoms with Gasteiger partial charge in [-0.05, 0) is 30.7 Å². The summed E-state index contributed by atoms with van der Waals surface area (Å²) in [6.07, 6.45) is 1.59. The maximum Gasteiger partial charge on any atom is 0.338 e. The van der Waals surface area contributed by atoms with E-state index in [-0.39, 0.29) is 13.0 Å². The monoisotopic (exact) mass is 296 g/mol. The Hall–Kier alpha value is -1.91. The second-order valence-electron chi connectivity index (χ2n) is 4.78. The van der Waals surface area contributed by atoms with Crippen LogP contribution in [0.3, 0.4) is 0 Å². The highest BCUT2D eigenvalue weighted by molar-refractivity contribution is 5.89. The first-order valence-electron chi connectivity index (χ1n) is 7.12. The molecule has 1 aromatic carbocycles. The molecule has 0 spiro atoms. The van der Waals surface area contributed by atoms with Crippen LogP contribution in [0.1, 0.15) is 49.9 Å². The molecule has 0 aliphatic carbocycles. The molecular weight excluding hydrogens is 275 g/mol. The summed E-state index contributed by atoms with van der Waals surface area (Å²) < 4.78 is 23.2. The van der Waals surface area contributed by atoms with E-state index in [2.05, 4.69) is 0 Å². The summed E-state index contributed by atoms with van der Waals surface area (Å²) >= 11 is 0. The molecule has 1 atom stereocenters. The van der Waals surface area contributed by atoms with Crippen molar-refractivity contribution in [3.63, 3.8) is 0 Å². The van der Waals surface area contributed by atoms with Crippen molar-refractivity contribution in [3.05, 3.63) is 29.8 Å². The molecule has 0 amide bonds. The number of unbranched alkanes of at least 4 members (excludes halogenated alkanes) is 1. The first-order chi connectivity index (χ1) is 10.0. The van der Waals surface area contributed by atoms with Crippen LogP contribution in [0.15, 0.2) is 24.3 Å². The lowest BCUT2D eigenvalue weighted by Gasteiger charge is -2.08. The van der Waals surface area contributed by atoms with Gasteiger partial charge in [-0.2, -0.15) is 0 Å². The van der Waals surface area contributed by atoms with E-state index >= 15 is 0 Å². The van der Waals surface area contributed by atoms with Gasteiger partial charge in [0.2, 0.25) is 0 Å². The highest BCUT2D eigenvalue weighted by Gasteiger charge is 2.10. The molecule has 5 heteroatoms.